The van der Waals surface area contributed by atoms with Gasteiger partial charge < -0.3 is 19.1 Å². The summed E-state index contributed by atoms with van der Waals surface area (Å²) in [6.45, 7) is 7.17. The number of urea groups is 1. The molecule has 6 rings (SSSR count). The number of nitrogens with zero attached hydrogens (tertiary/aromatic N) is 5. The Morgan fingerprint density at radius 3 is 2.49 bits per heavy atom. The number of hydroxylamine groups is 2. The van der Waals surface area contributed by atoms with Crippen molar-refractivity contribution in [3.05, 3.63) is 64.3 Å². The first-order valence-electron chi connectivity index (χ1n) is 13.7. The highest BCUT2D eigenvalue weighted by Gasteiger charge is 2.29. The second-order valence-corrected chi connectivity index (χ2v) is 10.7. The number of carbonyl (C=O) groups is 1. The molecule has 196 valence electrons. The molecule has 37 heavy (non-hydrogen) atoms. The average Bonchev–Trinajstić information content (AvgIpc) is 3.64. The standard InChI is InChI=1S/C29H37N5O3/c1-21-6-2-3-7-25(21)26-18-22-8-9-28(34(24-12-17-37-20-24)27(22)19-33(26)36)30-23-10-15-32(16-11-23)29(35)31-13-4-5-14-31/h2-3,6-9,18,23-24,36H,4-5,10-17,19-20H2,1H3. The molecule has 1 aromatic heterocycles. The van der Waals surface area contributed by atoms with Crippen molar-refractivity contribution in [1.82, 2.24) is 19.4 Å². The number of hydrogen-bond donors (Lipinski definition) is 1. The lowest BCUT2D eigenvalue weighted by Gasteiger charge is -2.34. The van der Waals surface area contributed by atoms with E-state index in [0.717, 1.165) is 98.5 Å². The van der Waals surface area contributed by atoms with Crippen molar-refractivity contribution in [3.63, 3.8) is 0 Å². The van der Waals surface area contributed by atoms with Gasteiger partial charge in [0.05, 0.1) is 30.9 Å². The van der Waals surface area contributed by atoms with Gasteiger partial charge in [0.1, 0.15) is 5.49 Å². The van der Waals surface area contributed by atoms with Crippen LogP contribution in [0.25, 0.3) is 11.8 Å². The Labute approximate surface area is 218 Å². The van der Waals surface area contributed by atoms with Crippen molar-refractivity contribution >= 4 is 17.8 Å². The van der Waals surface area contributed by atoms with Crippen molar-refractivity contribution in [3.8, 4) is 0 Å². The van der Waals surface area contributed by atoms with E-state index in [2.05, 4.69) is 41.8 Å². The maximum absolute atomic E-state index is 12.8. The monoisotopic (exact) mass is 503 g/mol. The molecular weight excluding hydrogens is 466 g/mol. The number of amides is 2. The predicted octanol–water partition coefficient (Wildman–Crippen LogP) is 4.04. The number of carbonyl (C=O) groups excluding carboxylic acids is 1. The molecule has 1 unspecified atom stereocenters. The van der Waals surface area contributed by atoms with Crippen molar-refractivity contribution < 1.29 is 14.7 Å². The summed E-state index contributed by atoms with van der Waals surface area (Å²) in [5.41, 5.74) is 6.11. The largest absolute Gasteiger partial charge is 0.379 e. The van der Waals surface area contributed by atoms with E-state index < -0.39 is 0 Å². The first-order valence-corrected chi connectivity index (χ1v) is 13.7. The summed E-state index contributed by atoms with van der Waals surface area (Å²) in [7, 11) is 0. The van der Waals surface area contributed by atoms with Gasteiger partial charge in [0.2, 0.25) is 0 Å². The molecule has 8 nitrogen and oxygen atoms in total. The first kappa shape index (κ1) is 24.2. The molecule has 0 saturated carbocycles. The number of piperidine rings is 1. The van der Waals surface area contributed by atoms with Gasteiger partial charge in [-0.1, -0.05) is 24.3 Å². The number of fused-ring (bicyclic) bond motifs is 1. The lowest BCUT2D eigenvalue weighted by atomic mass is 9.99. The number of rotatable bonds is 3. The van der Waals surface area contributed by atoms with Gasteiger partial charge in [0.15, 0.2) is 0 Å². The van der Waals surface area contributed by atoms with E-state index in [-0.39, 0.29) is 18.1 Å². The molecule has 3 fully saturated rings. The number of pyridine rings is 1. The fourth-order valence-electron chi connectivity index (χ4n) is 6.16. The zero-order valence-corrected chi connectivity index (χ0v) is 21.7. The van der Waals surface area contributed by atoms with Crippen LogP contribution in [-0.2, 0) is 11.3 Å². The van der Waals surface area contributed by atoms with Crippen LogP contribution in [0.4, 0.5) is 4.79 Å². The quantitative estimate of drug-likeness (QED) is 0.686. The Balaban J connectivity index is 1.30. The van der Waals surface area contributed by atoms with Gasteiger partial charge >= 0.3 is 6.03 Å². The summed E-state index contributed by atoms with van der Waals surface area (Å²) < 4.78 is 8.07. The third kappa shape index (κ3) is 4.80. The lowest BCUT2D eigenvalue weighted by molar-refractivity contribution is -0.0385. The maximum Gasteiger partial charge on any atom is 0.319 e. The Hall–Kier alpha value is -3.10. The van der Waals surface area contributed by atoms with Crippen LogP contribution in [0.3, 0.4) is 0 Å². The highest BCUT2D eigenvalue weighted by atomic mass is 16.5. The molecule has 2 amide bonds. The van der Waals surface area contributed by atoms with Gasteiger partial charge in [-0.25, -0.2) is 4.79 Å². The fraction of sp³-hybridized carbons (Fsp3) is 0.517. The topological polar surface area (TPSA) is 73.5 Å². The molecule has 0 aliphatic carbocycles. The van der Waals surface area contributed by atoms with Crippen LogP contribution in [0.2, 0.25) is 0 Å². The van der Waals surface area contributed by atoms with Crippen molar-refractivity contribution in [2.24, 2.45) is 4.99 Å². The summed E-state index contributed by atoms with van der Waals surface area (Å²) in [6, 6.07) is 13.0. The molecule has 1 atom stereocenters. The number of hydrogen-bond acceptors (Lipinski definition) is 5. The zero-order chi connectivity index (χ0) is 25.4. The van der Waals surface area contributed by atoms with E-state index in [1.165, 1.54) is 5.06 Å². The molecule has 0 bridgehead atoms. The minimum absolute atomic E-state index is 0.182. The SMILES string of the molecule is Cc1ccccc1C1=Cc2ccc(=NC3CCN(C(=O)N4CCCC4)CC3)n(C3CCOC3)c2CN1O. The van der Waals surface area contributed by atoms with E-state index in [0.29, 0.717) is 13.2 Å². The van der Waals surface area contributed by atoms with Crippen molar-refractivity contribution in [2.75, 3.05) is 39.4 Å². The summed E-state index contributed by atoms with van der Waals surface area (Å²) in [5.74, 6) is 0. The second kappa shape index (κ2) is 10.3. The third-order valence-corrected chi connectivity index (χ3v) is 8.27. The zero-order valence-electron chi connectivity index (χ0n) is 21.7. The Morgan fingerprint density at radius 2 is 1.76 bits per heavy atom. The number of likely N-dealkylation sites (tertiary alicyclic amines) is 2. The molecule has 0 spiro atoms. The van der Waals surface area contributed by atoms with Crippen LogP contribution in [0, 0.1) is 6.92 Å². The number of aryl methyl sites for hydroxylation is 1. The minimum Gasteiger partial charge on any atom is -0.379 e. The molecule has 4 aliphatic rings. The van der Waals surface area contributed by atoms with Crippen LogP contribution in [0.1, 0.15) is 60.5 Å². The fourth-order valence-corrected chi connectivity index (χ4v) is 6.16. The van der Waals surface area contributed by atoms with Gasteiger partial charge in [0.25, 0.3) is 0 Å². The van der Waals surface area contributed by atoms with Gasteiger partial charge in [0, 0.05) is 44.0 Å². The molecule has 1 N–H and O–H groups in total. The van der Waals surface area contributed by atoms with Crippen LogP contribution in [0.5, 0.6) is 0 Å². The third-order valence-electron chi connectivity index (χ3n) is 8.27. The Bertz CT molecular complexity index is 1250. The summed E-state index contributed by atoms with van der Waals surface area (Å²) >= 11 is 0. The number of benzene rings is 1. The molecule has 3 saturated heterocycles. The molecule has 0 radical (unpaired) electrons. The molecule has 2 aromatic rings. The lowest BCUT2D eigenvalue weighted by Crippen LogP contribution is -2.46. The van der Waals surface area contributed by atoms with Gasteiger partial charge in [-0.3, -0.25) is 15.3 Å². The van der Waals surface area contributed by atoms with Crippen LogP contribution in [0.15, 0.2) is 41.4 Å². The van der Waals surface area contributed by atoms with Gasteiger partial charge in [-0.05, 0) is 68.4 Å². The van der Waals surface area contributed by atoms with E-state index in [1.807, 2.05) is 21.9 Å². The molecular formula is C29H37N5O3. The molecule has 5 heterocycles. The van der Waals surface area contributed by atoms with Crippen LogP contribution >= 0.6 is 0 Å². The first-order chi connectivity index (χ1) is 18.1. The summed E-state index contributed by atoms with van der Waals surface area (Å²) in [5, 5.41) is 12.5. The van der Waals surface area contributed by atoms with E-state index >= 15 is 0 Å². The highest BCUT2D eigenvalue weighted by molar-refractivity contribution is 5.83. The number of aromatic nitrogens is 1. The highest BCUT2D eigenvalue weighted by Crippen LogP contribution is 2.32. The minimum atomic E-state index is 0.182. The Morgan fingerprint density at radius 1 is 1.00 bits per heavy atom. The van der Waals surface area contributed by atoms with Gasteiger partial charge in [-0.15, -0.1) is 0 Å². The Kier molecular flexibility index (Phi) is 6.78. The van der Waals surface area contributed by atoms with E-state index in [4.69, 9.17) is 9.73 Å². The van der Waals surface area contributed by atoms with Gasteiger partial charge in [-0.2, -0.15) is 0 Å². The maximum atomic E-state index is 12.8. The van der Waals surface area contributed by atoms with Crippen LogP contribution < -0.4 is 5.49 Å². The van der Waals surface area contributed by atoms with E-state index in [1.54, 1.807) is 0 Å². The number of ether oxygens (including phenoxy) is 1. The second-order valence-electron chi connectivity index (χ2n) is 10.7. The van der Waals surface area contributed by atoms with Crippen molar-refractivity contribution in [1.29, 1.82) is 0 Å². The average molecular weight is 504 g/mol. The summed E-state index contributed by atoms with van der Waals surface area (Å²) in [6.07, 6.45) is 7.01. The van der Waals surface area contributed by atoms with Crippen LogP contribution in [-0.4, -0.2) is 76.1 Å². The molecule has 1 aromatic carbocycles. The molecule has 4 aliphatic heterocycles. The summed E-state index contributed by atoms with van der Waals surface area (Å²) in [4.78, 5) is 22.0. The van der Waals surface area contributed by atoms with E-state index in [9.17, 15) is 10.0 Å². The predicted molar refractivity (Wildman–Crippen MR) is 142 cm³/mol. The normalized spacial score (nSPS) is 23.0. The van der Waals surface area contributed by atoms with Crippen molar-refractivity contribution in [2.45, 2.75) is 57.7 Å². The molecule has 8 heteroatoms. The smallest absolute Gasteiger partial charge is 0.319 e.